The number of carbonyl (C=O) groups excluding carboxylic acids is 1. The number of hydrogen-bond acceptors (Lipinski definition) is 2. The molecule has 110 valence electrons. The molecule has 1 heterocycles. The molecule has 0 aliphatic carbocycles. The van der Waals surface area contributed by atoms with Gasteiger partial charge in [-0.05, 0) is 36.4 Å². The molecule has 0 aliphatic rings. The first-order valence-corrected chi connectivity index (χ1v) is 6.91. The zero-order valence-corrected chi connectivity index (χ0v) is 11.8. The molecule has 22 heavy (non-hydrogen) atoms. The standard InChI is InChI=1S/C18H14FNO2/c19-16-9-5-4-8-15(16)17-11-10-14(22-17)12-20-18(21)13-6-2-1-3-7-13/h1-11H,12H2,(H,20,21). The lowest BCUT2D eigenvalue weighted by atomic mass is 10.1. The molecule has 4 heteroatoms. The number of amides is 1. The maximum atomic E-state index is 13.7. The third-order valence-electron chi connectivity index (χ3n) is 3.26. The smallest absolute Gasteiger partial charge is 0.251 e. The monoisotopic (exact) mass is 295 g/mol. The molecular formula is C18H14FNO2. The molecular weight excluding hydrogens is 281 g/mol. The molecule has 1 aromatic heterocycles. The van der Waals surface area contributed by atoms with Gasteiger partial charge in [-0.1, -0.05) is 30.3 Å². The predicted octanol–water partition coefficient (Wildman–Crippen LogP) is 4.02. The molecule has 3 rings (SSSR count). The molecule has 0 spiro atoms. The highest BCUT2D eigenvalue weighted by Gasteiger charge is 2.10. The second-order valence-electron chi connectivity index (χ2n) is 4.79. The van der Waals surface area contributed by atoms with Gasteiger partial charge in [-0.3, -0.25) is 4.79 Å². The van der Waals surface area contributed by atoms with Crippen molar-refractivity contribution in [3.05, 3.63) is 83.9 Å². The van der Waals surface area contributed by atoms with E-state index in [9.17, 15) is 9.18 Å². The Bertz CT molecular complexity index is 781. The third kappa shape index (κ3) is 3.06. The minimum absolute atomic E-state index is 0.176. The van der Waals surface area contributed by atoms with Crippen molar-refractivity contribution in [2.75, 3.05) is 0 Å². The summed E-state index contributed by atoms with van der Waals surface area (Å²) in [6, 6.07) is 18.8. The average Bonchev–Trinajstić information content (AvgIpc) is 3.02. The zero-order valence-electron chi connectivity index (χ0n) is 11.8. The largest absolute Gasteiger partial charge is 0.459 e. The van der Waals surface area contributed by atoms with E-state index in [2.05, 4.69) is 5.32 Å². The highest BCUT2D eigenvalue weighted by Crippen LogP contribution is 2.24. The first-order valence-electron chi connectivity index (χ1n) is 6.91. The molecule has 3 nitrogen and oxygen atoms in total. The topological polar surface area (TPSA) is 42.2 Å². The molecule has 0 unspecified atom stereocenters. The van der Waals surface area contributed by atoms with Gasteiger partial charge >= 0.3 is 0 Å². The molecule has 0 aliphatic heterocycles. The van der Waals surface area contributed by atoms with E-state index < -0.39 is 0 Å². The number of carbonyl (C=O) groups is 1. The summed E-state index contributed by atoms with van der Waals surface area (Å²) in [5.41, 5.74) is 0.992. The van der Waals surface area contributed by atoms with Crippen molar-refractivity contribution in [3.8, 4) is 11.3 Å². The Morgan fingerprint density at radius 1 is 0.955 bits per heavy atom. The van der Waals surface area contributed by atoms with Gasteiger partial charge in [0.05, 0.1) is 12.1 Å². The van der Waals surface area contributed by atoms with Gasteiger partial charge in [0, 0.05) is 5.56 Å². The van der Waals surface area contributed by atoms with Gasteiger partial charge in [-0.15, -0.1) is 0 Å². The van der Waals surface area contributed by atoms with Crippen LogP contribution in [0.15, 0.2) is 71.1 Å². The van der Waals surface area contributed by atoms with Crippen LogP contribution >= 0.6 is 0 Å². The highest BCUT2D eigenvalue weighted by atomic mass is 19.1. The zero-order chi connectivity index (χ0) is 15.4. The Morgan fingerprint density at radius 3 is 2.45 bits per heavy atom. The molecule has 0 saturated heterocycles. The molecule has 1 amide bonds. The number of rotatable bonds is 4. The summed E-state index contributed by atoms with van der Waals surface area (Å²) in [5, 5.41) is 2.77. The minimum Gasteiger partial charge on any atom is -0.459 e. The second kappa shape index (κ2) is 6.26. The van der Waals surface area contributed by atoms with Crippen LogP contribution in [0.4, 0.5) is 4.39 Å². The van der Waals surface area contributed by atoms with Crippen molar-refractivity contribution in [1.82, 2.24) is 5.32 Å². The molecule has 1 N–H and O–H groups in total. The molecule has 0 bridgehead atoms. The number of nitrogens with one attached hydrogen (secondary N) is 1. The van der Waals surface area contributed by atoms with Crippen LogP contribution in [0.25, 0.3) is 11.3 Å². The quantitative estimate of drug-likeness (QED) is 0.790. The van der Waals surface area contributed by atoms with Gasteiger partial charge < -0.3 is 9.73 Å². The van der Waals surface area contributed by atoms with Gasteiger partial charge in [0.1, 0.15) is 17.3 Å². The van der Waals surface area contributed by atoms with Crippen molar-refractivity contribution < 1.29 is 13.6 Å². The van der Waals surface area contributed by atoms with Crippen LogP contribution in [0, 0.1) is 5.82 Å². The van der Waals surface area contributed by atoms with Gasteiger partial charge in [0.25, 0.3) is 5.91 Å². The number of halogens is 1. The van der Waals surface area contributed by atoms with E-state index in [0.29, 0.717) is 22.6 Å². The molecule has 0 atom stereocenters. The van der Waals surface area contributed by atoms with E-state index in [1.165, 1.54) is 6.07 Å². The molecule has 2 aromatic carbocycles. The lowest BCUT2D eigenvalue weighted by Gasteiger charge is -2.03. The summed E-state index contributed by atoms with van der Waals surface area (Å²) in [6.07, 6.45) is 0. The normalized spacial score (nSPS) is 10.4. The Balaban J connectivity index is 1.68. The van der Waals surface area contributed by atoms with E-state index in [0.717, 1.165) is 0 Å². The first kappa shape index (κ1) is 14.1. The second-order valence-corrected chi connectivity index (χ2v) is 4.79. The first-order chi connectivity index (χ1) is 10.7. The maximum Gasteiger partial charge on any atom is 0.251 e. The lowest BCUT2D eigenvalue weighted by molar-refractivity contribution is 0.0948. The van der Waals surface area contributed by atoms with Crippen molar-refractivity contribution in [2.45, 2.75) is 6.54 Å². The molecule has 0 fully saturated rings. The summed E-state index contributed by atoms with van der Waals surface area (Å²) >= 11 is 0. The van der Waals surface area contributed by atoms with Crippen molar-refractivity contribution in [1.29, 1.82) is 0 Å². The summed E-state index contributed by atoms with van der Waals surface area (Å²) < 4.78 is 19.3. The van der Waals surface area contributed by atoms with E-state index in [4.69, 9.17) is 4.42 Å². The van der Waals surface area contributed by atoms with E-state index >= 15 is 0 Å². The Kier molecular flexibility index (Phi) is 4.01. The Morgan fingerprint density at radius 2 is 1.68 bits per heavy atom. The summed E-state index contributed by atoms with van der Waals surface area (Å²) in [5.74, 6) is 0.505. The van der Waals surface area contributed by atoms with Crippen LogP contribution in [-0.4, -0.2) is 5.91 Å². The van der Waals surface area contributed by atoms with Gasteiger partial charge in [0.15, 0.2) is 0 Å². The Labute approximate surface area is 127 Å². The summed E-state index contributed by atoms with van der Waals surface area (Å²) in [7, 11) is 0. The number of hydrogen-bond donors (Lipinski definition) is 1. The fourth-order valence-electron chi connectivity index (χ4n) is 2.14. The van der Waals surface area contributed by atoms with E-state index in [1.54, 1.807) is 54.6 Å². The van der Waals surface area contributed by atoms with Crippen molar-refractivity contribution >= 4 is 5.91 Å². The van der Waals surface area contributed by atoms with Crippen LogP contribution in [0.1, 0.15) is 16.1 Å². The third-order valence-corrected chi connectivity index (χ3v) is 3.26. The van der Waals surface area contributed by atoms with Crippen LogP contribution < -0.4 is 5.32 Å². The van der Waals surface area contributed by atoms with Crippen molar-refractivity contribution in [2.24, 2.45) is 0 Å². The fourth-order valence-corrected chi connectivity index (χ4v) is 2.14. The molecule has 0 radical (unpaired) electrons. The summed E-state index contributed by atoms with van der Waals surface area (Å²) in [6.45, 7) is 0.252. The van der Waals surface area contributed by atoms with Crippen LogP contribution in [0.5, 0.6) is 0 Å². The van der Waals surface area contributed by atoms with Gasteiger partial charge in [0.2, 0.25) is 0 Å². The predicted molar refractivity (Wildman–Crippen MR) is 81.7 cm³/mol. The Hall–Kier alpha value is -2.88. The van der Waals surface area contributed by atoms with Crippen molar-refractivity contribution in [3.63, 3.8) is 0 Å². The number of furan rings is 1. The minimum atomic E-state index is -0.336. The van der Waals surface area contributed by atoms with Gasteiger partial charge in [-0.25, -0.2) is 4.39 Å². The molecule has 3 aromatic rings. The maximum absolute atomic E-state index is 13.7. The fraction of sp³-hybridized carbons (Fsp3) is 0.0556. The van der Waals surface area contributed by atoms with Crippen LogP contribution in [-0.2, 0) is 6.54 Å². The van der Waals surface area contributed by atoms with E-state index in [1.807, 2.05) is 6.07 Å². The summed E-state index contributed by atoms with van der Waals surface area (Å²) in [4.78, 5) is 11.9. The van der Waals surface area contributed by atoms with Gasteiger partial charge in [-0.2, -0.15) is 0 Å². The average molecular weight is 295 g/mol. The number of benzene rings is 2. The van der Waals surface area contributed by atoms with E-state index in [-0.39, 0.29) is 18.3 Å². The SMILES string of the molecule is O=C(NCc1ccc(-c2ccccc2F)o1)c1ccccc1. The lowest BCUT2D eigenvalue weighted by Crippen LogP contribution is -2.22. The molecule has 0 saturated carbocycles. The highest BCUT2D eigenvalue weighted by molar-refractivity contribution is 5.94. The van der Waals surface area contributed by atoms with Crippen LogP contribution in [0.3, 0.4) is 0 Å². The van der Waals surface area contributed by atoms with Crippen LogP contribution in [0.2, 0.25) is 0 Å².